The van der Waals surface area contributed by atoms with Crippen LogP contribution < -0.4 is 10.1 Å². The van der Waals surface area contributed by atoms with Crippen LogP contribution in [-0.4, -0.2) is 17.8 Å². The lowest BCUT2D eigenvalue weighted by Gasteiger charge is -2.17. The maximum atomic E-state index is 9.27. The number of hydrogen-bond acceptors (Lipinski definition) is 3. The predicted molar refractivity (Wildman–Crippen MR) is 102 cm³/mol. The molecule has 6 heteroatoms. The number of aliphatic hydroxyl groups is 1. The van der Waals surface area contributed by atoms with Gasteiger partial charge in [-0.15, -0.1) is 12.4 Å². The largest absolute Gasteiger partial charge is 0.489 e. The van der Waals surface area contributed by atoms with Crippen molar-refractivity contribution < 1.29 is 9.84 Å². The number of rotatable bonds is 8. The number of benzene rings is 2. The summed E-state index contributed by atoms with van der Waals surface area (Å²) in [6.07, 6.45) is 0.859. The molecule has 2 N–H and O–H groups in total. The number of ether oxygens (including phenoxy) is 1. The Kier molecular flexibility index (Phi) is 9.49. The maximum Gasteiger partial charge on any atom is 0.124 e. The molecule has 0 amide bonds. The van der Waals surface area contributed by atoms with Gasteiger partial charge in [0.1, 0.15) is 12.4 Å². The van der Waals surface area contributed by atoms with Gasteiger partial charge in [0, 0.05) is 28.2 Å². The number of halogens is 3. The van der Waals surface area contributed by atoms with Gasteiger partial charge in [0.15, 0.2) is 0 Å². The van der Waals surface area contributed by atoms with Crippen LogP contribution in [0.5, 0.6) is 5.75 Å². The Balaban J connectivity index is 0.00000288. The summed E-state index contributed by atoms with van der Waals surface area (Å²) in [7, 11) is 0. The van der Waals surface area contributed by atoms with Gasteiger partial charge in [0.25, 0.3) is 0 Å². The molecule has 3 nitrogen and oxygen atoms in total. The first-order valence-corrected chi connectivity index (χ1v) is 8.38. The molecule has 2 aromatic rings. The van der Waals surface area contributed by atoms with E-state index in [0.29, 0.717) is 23.2 Å². The zero-order chi connectivity index (χ0) is 16.7. The fraction of sp³-hybridized carbons (Fsp3) is 0.333. The van der Waals surface area contributed by atoms with Gasteiger partial charge in [-0.2, -0.15) is 0 Å². The highest BCUT2D eigenvalue weighted by molar-refractivity contribution is 6.30. The standard InChI is InChI=1S/C18H21Cl2NO2.ClH/c1-2-17(11-22)21-10-14-9-16(20)7-8-18(14)23-12-13-3-5-15(19)6-4-13;/h3-9,17,21-22H,2,10-12H2,1H3;1H. The van der Waals surface area contributed by atoms with E-state index < -0.39 is 0 Å². The van der Waals surface area contributed by atoms with Crippen LogP contribution in [0.4, 0.5) is 0 Å². The minimum atomic E-state index is 0. The van der Waals surface area contributed by atoms with Crippen molar-refractivity contribution in [3.05, 3.63) is 63.6 Å². The van der Waals surface area contributed by atoms with Crippen molar-refractivity contribution in [3.63, 3.8) is 0 Å². The molecule has 0 aliphatic heterocycles. The first-order valence-electron chi connectivity index (χ1n) is 7.62. The third-order valence-electron chi connectivity index (χ3n) is 3.62. The van der Waals surface area contributed by atoms with E-state index in [1.807, 2.05) is 49.4 Å². The second kappa shape index (κ2) is 10.8. The van der Waals surface area contributed by atoms with Crippen LogP contribution in [0.15, 0.2) is 42.5 Å². The summed E-state index contributed by atoms with van der Waals surface area (Å²) >= 11 is 12.0. The molecular formula is C18H22Cl3NO2. The van der Waals surface area contributed by atoms with E-state index in [2.05, 4.69) is 5.32 Å². The zero-order valence-corrected chi connectivity index (χ0v) is 15.8. The molecule has 2 rings (SSSR count). The Morgan fingerprint density at radius 3 is 2.38 bits per heavy atom. The van der Waals surface area contributed by atoms with Gasteiger partial charge >= 0.3 is 0 Å². The highest BCUT2D eigenvalue weighted by atomic mass is 35.5. The lowest BCUT2D eigenvalue weighted by molar-refractivity contribution is 0.237. The van der Waals surface area contributed by atoms with Crippen LogP contribution >= 0.6 is 35.6 Å². The van der Waals surface area contributed by atoms with E-state index in [4.69, 9.17) is 27.9 Å². The van der Waals surface area contributed by atoms with Crippen LogP contribution in [0, 0.1) is 0 Å². The highest BCUT2D eigenvalue weighted by Gasteiger charge is 2.09. The molecule has 0 aliphatic carbocycles. The Morgan fingerprint density at radius 1 is 1.08 bits per heavy atom. The predicted octanol–water partition coefficient (Wildman–Crippen LogP) is 4.85. The van der Waals surface area contributed by atoms with Crippen LogP contribution in [0.25, 0.3) is 0 Å². The normalized spacial score (nSPS) is 11.7. The summed E-state index contributed by atoms with van der Waals surface area (Å²) in [4.78, 5) is 0. The second-order valence-electron chi connectivity index (χ2n) is 5.34. The lowest BCUT2D eigenvalue weighted by Crippen LogP contribution is -2.31. The van der Waals surface area contributed by atoms with Crippen molar-refractivity contribution in [1.29, 1.82) is 0 Å². The van der Waals surface area contributed by atoms with Gasteiger partial charge in [0.2, 0.25) is 0 Å². The fourth-order valence-corrected chi connectivity index (χ4v) is 2.48. The molecular weight excluding hydrogens is 369 g/mol. The smallest absolute Gasteiger partial charge is 0.124 e. The minimum absolute atomic E-state index is 0. The molecule has 0 heterocycles. The van der Waals surface area contributed by atoms with Crippen LogP contribution in [0.3, 0.4) is 0 Å². The second-order valence-corrected chi connectivity index (χ2v) is 6.21. The Hall–Kier alpha value is -0.970. The van der Waals surface area contributed by atoms with Crippen LogP contribution in [0.2, 0.25) is 10.0 Å². The molecule has 1 unspecified atom stereocenters. The summed E-state index contributed by atoms with van der Waals surface area (Å²) < 4.78 is 5.91. The Bertz CT molecular complexity index is 616. The van der Waals surface area contributed by atoms with Gasteiger partial charge in [-0.3, -0.25) is 0 Å². The molecule has 24 heavy (non-hydrogen) atoms. The summed E-state index contributed by atoms with van der Waals surface area (Å²) in [5.41, 5.74) is 2.02. The molecule has 0 saturated carbocycles. The molecule has 132 valence electrons. The first-order chi connectivity index (χ1) is 11.1. The van der Waals surface area contributed by atoms with Crippen molar-refractivity contribution in [1.82, 2.24) is 5.32 Å². The molecule has 0 aromatic heterocycles. The van der Waals surface area contributed by atoms with Crippen molar-refractivity contribution >= 4 is 35.6 Å². The van der Waals surface area contributed by atoms with E-state index >= 15 is 0 Å². The molecule has 1 atom stereocenters. The summed E-state index contributed by atoms with van der Waals surface area (Å²) in [6.45, 7) is 3.19. The topological polar surface area (TPSA) is 41.5 Å². The van der Waals surface area contributed by atoms with Crippen molar-refractivity contribution in [2.24, 2.45) is 0 Å². The Labute approximate surface area is 159 Å². The molecule has 0 radical (unpaired) electrons. The molecule has 0 aliphatic rings. The molecule has 0 bridgehead atoms. The van der Waals surface area contributed by atoms with E-state index in [-0.39, 0.29) is 25.1 Å². The fourth-order valence-electron chi connectivity index (χ4n) is 2.16. The molecule has 2 aromatic carbocycles. The summed E-state index contributed by atoms with van der Waals surface area (Å²) in [6, 6.07) is 13.2. The average molecular weight is 391 g/mol. The first kappa shape index (κ1) is 21.1. The van der Waals surface area contributed by atoms with Crippen LogP contribution in [0.1, 0.15) is 24.5 Å². The number of nitrogens with one attached hydrogen (secondary N) is 1. The minimum Gasteiger partial charge on any atom is -0.489 e. The highest BCUT2D eigenvalue weighted by Crippen LogP contribution is 2.24. The van der Waals surface area contributed by atoms with E-state index in [9.17, 15) is 5.11 Å². The van der Waals surface area contributed by atoms with Crippen molar-refractivity contribution in [3.8, 4) is 5.75 Å². The Morgan fingerprint density at radius 2 is 1.75 bits per heavy atom. The zero-order valence-electron chi connectivity index (χ0n) is 13.5. The molecule has 0 saturated heterocycles. The average Bonchev–Trinajstić information content (AvgIpc) is 2.56. The third-order valence-corrected chi connectivity index (χ3v) is 4.11. The van der Waals surface area contributed by atoms with E-state index in [1.54, 1.807) is 0 Å². The monoisotopic (exact) mass is 389 g/mol. The SMILES string of the molecule is CCC(CO)NCc1cc(Cl)ccc1OCc1ccc(Cl)cc1.Cl. The van der Waals surface area contributed by atoms with Crippen molar-refractivity contribution in [2.75, 3.05) is 6.61 Å². The van der Waals surface area contributed by atoms with Gasteiger partial charge in [-0.05, 0) is 42.3 Å². The van der Waals surface area contributed by atoms with Gasteiger partial charge in [-0.25, -0.2) is 0 Å². The quantitative estimate of drug-likeness (QED) is 0.676. The third kappa shape index (κ3) is 6.50. The van der Waals surface area contributed by atoms with Crippen LogP contribution in [-0.2, 0) is 13.2 Å². The molecule has 0 spiro atoms. The lowest BCUT2D eigenvalue weighted by atomic mass is 10.1. The van der Waals surface area contributed by atoms with Gasteiger partial charge in [0.05, 0.1) is 6.61 Å². The summed E-state index contributed by atoms with van der Waals surface area (Å²) in [5, 5.41) is 13.9. The van der Waals surface area contributed by atoms with E-state index in [1.165, 1.54) is 0 Å². The number of aliphatic hydroxyl groups excluding tert-OH is 1. The van der Waals surface area contributed by atoms with Crippen molar-refractivity contribution in [2.45, 2.75) is 32.5 Å². The van der Waals surface area contributed by atoms with Gasteiger partial charge < -0.3 is 15.2 Å². The maximum absolute atomic E-state index is 9.27. The molecule has 0 fully saturated rings. The van der Waals surface area contributed by atoms with Gasteiger partial charge in [-0.1, -0.05) is 42.3 Å². The van der Waals surface area contributed by atoms with E-state index in [0.717, 1.165) is 23.3 Å². The number of hydrogen-bond donors (Lipinski definition) is 2. The summed E-state index contributed by atoms with van der Waals surface area (Å²) in [5.74, 6) is 0.782.